The van der Waals surface area contributed by atoms with Gasteiger partial charge in [0, 0.05) is 6.54 Å². The molecule has 1 aromatic rings. The number of alkyl halides is 3. The van der Waals surface area contributed by atoms with E-state index in [1.54, 1.807) is 0 Å². The van der Waals surface area contributed by atoms with Gasteiger partial charge >= 0.3 is 17.3 Å². The Labute approximate surface area is 111 Å². The molecule has 1 rings (SSSR count). The van der Waals surface area contributed by atoms with Crippen molar-refractivity contribution in [3.8, 4) is 0 Å². The molecule has 0 spiro atoms. The largest absolute Gasteiger partial charge is 0.354 e. The van der Waals surface area contributed by atoms with Crippen LogP contribution < -0.4 is 11.4 Å². The molecule has 17 heavy (non-hydrogen) atoms. The fourth-order valence-corrected chi connectivity index (χ4v) is 1.44. The minimum Gasteiger partial charge on any atom is -0.267 e. The van der Waals surface area contributed by atoms with Crippen molar-refractivity contribution >= 4 is 40.7 Å². The Morgan fingerprint density at radius 3 is 2.41 bits per heavy atom. The molecule has 1 N–H and O–H groups in total. The predicted molar refractivity (Wildman–Crippen MR) is 65.1 cm³/mol. The van der Waals surface area contributed by atoms with Crippen LogP contribution in [0.15, 0.2) is 9.59 Å². The van der Waals surface area contributed by atoms with Crippen LogP contribution in [0.3, 0.4) is 0 Å². The molecule has 0 atom stereocenters. The van der Waals surface area contributed by atoms with E-state index in [0.717, 1.165) is 11.0 Å². The predicted octanol–water partition coefficient (Wildman–Crippen LogP) is 1.15. The lowest BCUT2D eigenvalue weighted by Gasteiger charge is -2.07. The van der Waals surface area contributed by atoms with Crippen molar-refractivity contribution in [2.45, 2.75) is 30.1 Å². The zero-order valence-electron chi connectivity index (χ0n) is 8.87. The Bertz CT molecular complexity index is 523. The van der Waals surface area contributed by atoms with Crippen molar-refractivity contribution in [3.63, 3.8) is 0 Å². The van der Waals surface area contributed by atoms with Crippen LogP contribution in [-0.2, 0) is 6.54 Å². The van der Waals surface area contributed by atoms with Crippen molar-refractivity contribution in [1.82, 2.24) is 14.3 Å². The number of rotatable bonds is 3. The Morgan fingerprint density at radius 2 is 1.94 bits per heavy atom. The Kier molecular flexibility index (Phi) is 4.46. The first-order valence-electron chi connectivity index (χ1n) is 4.82. The quantitative estimate of drug-likeness (QED) is 0.851. The maximum absolute atomic E-state index is 11.7. The molecule has 0 amide bonds. The van der Waals surface area contributed by atoms with E-state index < -0.39 is 21.1 Å². The maximum Gasteiger partial charge on any atom is 0.354 e. The summed E-state index contributed by atoms with van der Waals surface area (Å²) in [6.45, 7) is 2.12. The number of hydrogen-bond donors (Lipinski definition) is 1. The van der Waals surface area contributed by atoms with E-state index in [1.807, 2.05) is 12.0 Å². The second kappa shape index (κ2) is 5.29. The van der Waals surface area contributed by atoms with Crippen LogP contribution in [0.2, 0.25) is 0 Å². The van der Waals surface area contributed by atoms with Gasteiger partial charge in [-0.05, 0) is 6.42 Å². The van der Waals surface area contributed by atoms with Gasteiger partial charge in [-0.25, -0.2) is 19.3 Å². The number of carbonyl (C=O) groups is 1. The molecule has 9 heteroatoms. The first kappa shape index (κ1) is 14.3. The summed E-state index contributed by atoms with van der Waals surface area (Å²) >= 11 is 16.0. The molecule has 0 aromatic carbocycles. The lowest BCUT2D eigenvalue weighted by molar-refractivity contribution is 0.0896. The van der Waals surface area contributed by atoms with Crippen molar-refractivity contribution in [2.24, 2.45) is 0 Å². The lowest BCUT2D eigenvalue weighted by atomic mass is 10.3. The van der Waals surface area contributed by atoms with E-state index in [-0.39, 0.29) is 6.54 Å². The molecule has 0 fully saturated rings. The average Bonchev–Trinajstić information content (AvgIpc) is 2.50. The van der Waals surface area contributed by atoms with Gasteiger partial charge in [0.05, 0.1) is 0 Å². The smallest absolute Gasteiger partial charge is 0.267 e. The summed E-state index contributed by atoms with van der Waals surface area (Å²) in [6, 6.07) is 0. The molecular weight excluding hydrogens is 292 g/mol. The molecule has 0 aliphatic carbocycles. The van der Waals surface area contributed by atoms with Gasteiger partial charge in [0.1, 0.15) is 0 Å². The second-order valence-electron chi connectivity index (χ2n) is 3.34. The number of halogens is 3. The molecule has 0 aliphatic heterocycles. The molecule has 0 bridgehead atoms. The van der Waals surface area contributed by atoms with Gasteiger partial charge < -0.3 is 0 Å². The number of aromatic nitrogens is 3. The molecule has 1 heterocycles. The molecule has 6 nitrogen and oxygen atoms in total. The van der Waals surface area contributed by atoms with Crippen LogP contribution in [0.25, 0.3) is 0 Å². The zero-order valence-corrected chi connectivity index (χ0v) is 11.1. The number of carbonyl (C=O) groups excluding carboxylic acids is 1. The molecule has 0 unspecified atom stereocenters. The van der Waals surface area contributed by atoms with Gasteiger partial charge in [0.15, 0.2) is 0 Å². The molecule has 0 saturated carbocycles. The zero-order chi connectivity index (χ0) is 13.2. The van der Waals surface area contributed by atoms with E-state index >= 15 is 0 Å². The number of nitrogens with zero attached hydrogens (tertiary/aromatic N) is 2. The lowest BCUT2D eigenvalue weighted by Crippen LogP contribution is -2.36. The topological polar surface area (TPSA) is 76.9 Å². The van der Waals surface area contributed by atoms with Crippen LogP contribution in [0.1, 0.15) is 24.6 Å². The molecular formula is C8H10Cl3N3O3. The van der Waals surface area contributed by atoms with E-state index in [0.29, 0.717) is 11.1 Å². The highest BCUT2D eigenvalue weighted by molar-refractivity contribution is 6.76. The highest BCUT2D eigenvalue weighted by Crippen LogP contribution is 2.26. The Morgan fingerprint density at radius 1 is 1.35 bits per heavy atom. The normalized spacial score (nSPS) is 11.8. The summed E-state index contributed by atoms with van der Waals surface area (Å²) < 4.78 is -0.994. The van der Waals surface area contributed by atoms with Gasteiger partial charge in [-0.2, -0.15) is 4.68 Å². The van der Waals surface area contributed by atoms with Crippen molar-refractivity contribution in [3.05, 3.63) is 21.0 Å². The van der Waals surface area contributed by atoms with E-state index in [9.17, 15) is 14.4 Å². The molecule has 0 radical (unpaired) electrons. The minimum atomic E-state index is -2.29. The SMILES string of the molecule is CCCCn1c(=O)[nH]n(C(=O)C(Cl)(Cl)Cl)c1=O. The van der Waals surface area contributed by atoms with Crippen LogP contribution in [0.4, 0.5) is 0 Å². The number of H-pyrrole nitrogens is 1. The van der Waals surface area contributed by atoms with Crippen molar-refractivity contribution in [2.75, 3.05) is 0 Å². The first-order chi connectivity index (χ1) is 7.79. The van der Waals surface area contributed by atoms with E-state index in [4.69, 9.17) is 34.8 Å². The number of unbranched alkanes of at least 4 members (excludes halogenated alkanes) is 1. The second-order valence-corrected chi connectivity index (χ2v) is 5.62. The molecule has 1 aromatic heterocycles. The standard InChI is InChI=1S/C8H10Cl3N3O3/c1-2-3-4-13-6(16)12-14(7(13)17)5(15)8(9,10)11/h2-4H2,1H3,(H,12,16). The number of hydrogen-bond acceptors (Lipinski definition) is 3. The van der Waals surface area contributed by atoms with Gasteiger partial charge in [-0.15, -0.1) is 0 Å². The summed E-state index contributed by atoms with van der Waals surface area (Å²) in [5, 5.41) is 2.04. The van der Waals surface area contributed by atoms with Gasteiger partial charge in [-0.1, -0.05) is 48.1 Å². The summed E-state index contributed by atoms with van der Waals surface area (Å²) in [5.41, 5.74) is -1.54. The van der Waals surface area contributed by atoms with Gasteiger partial charge in [0.2, 0.25) is 0 Å². The summed E-state index contributed by atoms with van der Waals surface area (Å²) in [6.07, 6.45) is 1.43. The maximum atomic E-state index is 11.7. The van der Waals surface area contributed by atoms with E-state index in [1.165, 1.54) is 0 Å². The van der Waals surface area contributed by atoms with Gasteiger partial charge in [-0.3, -0.25) is 4.79 Å². The Balaban J connectivity index is 3.18. The third kappa shape index (κ3) is 3.14. The summed E-state index contributed by atoms with van der Waals surface area (Å²) in [5.74, 6) is -1.11. The third-order valence-electron chi connectivity index (χ3n) is 2.06. The first-order valence-corrected chi connectivity index (χ1v) is 5.95. The number of aromatic amines is 1. The minimum absolute atomic E-state index is 0.213. The van der Waals surface area contributed by atoms with Crippen molar-refractivity contribution < 1.29 is 4.79 Å². The summed E-state index contributed by atoms with van der Waals surface area (Å²) in [4.78, 5) is 34.6. The van der Waals surface area contributed by atoms with Crippen molar-refractivity contribution in [1.29, 1.82) is 0 Å². The highest BCUT2D eigenvalue weighted by Gasteiger charge is 2.34. The fourth-order valence-electron chi connectivity index (χ4n) is 1.19. The van der Waals surface area contributed by atoms with Crippen LogP contribution in [-0.4, -0.2) is 24.0 Å². The fraction of sp³-hybridized carbons (Fsp3) is 0.625. The molecule has 96 valence electrons. The third-order valence-corrected chi connectivity index (χ3v) is 2.54. The van der Waals surface area contributed by atoms with Crippen LogP contribution in [0.5, 0.6) is 0 Å². The highest BCUT2D eigenvalue weighted by atomic mass is 35.6. The van der Waals surface area contributed by atoms with Crippen LogP contribution >= 0.6 is 34.8 Å². The summed E-state index contributed by atoms with van der Waals surface area (Å²) in [7, 11) is 0. The van der Waals surface area contributed by atoms with Gasteiger partial charge in [0.25, 0.3) is 3.79 Å². The molecule has 0 aliphatic rings. The average molecular weight is 303 g/mol. The number of nitrogens with one attached hydrogen (secondary N) is 1. The van der Waals surface area contributed by atoms with Crippen LogP contribution in [0, 0.1) is 0 Å². The Hall–Kier alpha value is -0.720. The monoisotopic (exact) mass is 301 g/mol. The molecule has 0 saturated heterocycles. The van der Waals surface area contributed by atoms with E-state index in [2.05, 4.69) is 0 Å².